The first-order valence-electron chi connectivity index (χ1n) is 3.39. The van der Waals surface area contributed by atoms with Gasteiger partial charge in [0.15, 0.2) is 0 Å². The number of hydrogen-bond donors (Lipinski definition) is 0. The maximum Gasteiger partial charge on any atom is 0.267 e. The summed E-state index contributed by atoms with van der Waals surface area (Å²) in [6, 6.07) is 0. The zero-order chi connectivity index (χ0) is 10.5. The lowest BCUT2D eigenvalue weighted by Gasteiger charge is -2.01. The van der Waals surface area contributed by atoms with Crippen molar-refractivity contribution in [3.63, 3.8) is 0 Å². The van der Waals surface area contributed by atoms with E-state index in [0.29, 0.717) is 0 Å². The van der Waals surface area contributed by atoms with Gasteiger partial charge in [-0.2, -0.15) is 16.8 Å². The Morgan fingerprint density at radius 2 is 1.15 bits per heavy atom. The monoisotopic (exact) mass is 232 g/mol. The summed E-state index contributed by atoms with van der Waals surface area (Å²) in [5, 5.41) is 0. The molecule has 0 radical (unpaired) electrons. The first-order valence-corrected chi connectivity index (χ1v) is 6.55. The molecule has 0 rings (SSSR count). The fourth-order valence-corrected chi connectivity index (χ4v) is 2.09. The molecule has 0 unspecified atom stereocenters. The van der Waals surface area contributed by atoms with E-state index in [1.54, 1.807) is 0 Å². The molecule has 0 saturated carbocycles. The van der Waals surface area contributed by atoms with Crippen LogP contribution < -0.4 is 0 Å². The molecule has 0 spiro atoms. The average molecular weight is 232 g/mol. The largest absolute Gasteiger partial charge is 0.273 e. The molecule has 0 heterocycles. The first-order chi connectivity index (χ1) is 5.83. The standard InChI is InChI=1S/C5H12O6S2/c1-10-12(6,7)4-3-5-13(8,9)11-2/h3-5H2,1-2H3. The molecule has 6 nitrogen and oxygen atoms in total. The van der Waals surface area contributed by atoms with E-state index < -0.39 is 20.2 Å². The van der Waals surface area contributed by atoms with Crippen molar-refractivity contribution in [2.45, 2.75) is 6.42 Å². The van der Waals surface area contributed by atoms with Gasteiger partial charge < -0.3 is 0 Å². The molecule has 0 fully saturated rings. The fraction of sp³-hybridized carbons (Fsp3) is 1.00. The van der Waals surface area contributed by atoms with Crippen LogP contribution in [0.1, 0.15) is 6.42 Å². The Morgan fingerprint density at radius 3 is 1.38 bits per heavy atom. The van der Waals surface area contributed by atoms with Gasteiger partial charge in [0.05, 0.1) is 25.7 Å². The van der Waals surface area contributed by atoms with Crippen LogP contribution in [0.2, 0.25) is 0 Å². The summed E-state index contributed by atoms with van der Waals surface area (Å²) in [6.07, 6.45) is -0.0354. The van der Waals surface area contributed by atoms with E-state index in [-0.39, 0.29) is 17.9 Å². The van der Waals surface area contributed by atoms with Crippen LogP contribution in [-0.2, 0) is 28.6 Å². The van der Waals surface area contributed by atoms with Crippen LogP contribution in [0.5, 0.6) is 0 Å². The zero-order valence-electron chi connectivity index (χ0n) is 7.39. The summed E-state index contributed by atoms with van der Waals surface area (Å²) in [4.78, 5) is 0. The molecule has 80 valence electrons. The van der Waals surface area contributed by atoms with Crippen molar-refractivity contribution in [1.82, 2.24) is 0 Å². The van der Waals surface area contributed by atoms with E-state index in [1.807, 2.05) is 0 Å². The Kier molecular flexibility index (Phi) is 4.82. The van der Waals surface area contributed by atoms with Gasteiger partial charge in [-0.15, -0.1) is 0 Å². The second kappa shape index (κ2) is 4.89. The van der Waals surface area contributed by atoms with Gasteiger partial charge in [0, 0.05) is 0 Å². The molecule has 13 heavy (non-hydrogen) atoms. The minimum absolute atomic E-state index is 0.0354. The molecule has 8 heteroatoms. The van der Waals surface area contributed by atoms with Gasteiger partial charge in [-0.3, -0.25) is 8.37 Å². The molecule has 0 atom stereocenters. The lowest BCUT2D eigenvalue weighted by molar-refractivity contribution is 0.393. The van der Waals surface area contributed by atoms with E-state index in [0.717, 1.165) is 14.2 Å². The maximum atomic E-state index is 10.7. The van der Waals surface area contributed by atoms with Crippen LogP contribution in [0.4, 0.5) is 0 Å². The van der Waals surface area contributed by atoms with Gasteiger partial charge in [0.25, 0.3) is 20.2 Å². The van der Waals surface area contributed by atoms with Gasteiger partial charge in [-0.1, -0.05) is 0 Å². The number of hydrogen-bond acceptors (Lipinski definition) is 6. The van der Waals surface area contributed by atoms with Gasteiger partial charge >= 0.3 is 0 Å². The third kappa shape index (κ3) is 5.97. The van der Waals surface area contributed by atoms with Crippen LogP contribution in [0, 0.1) is 0 Å². The smallest absolute Gasteiger partial charge is 0.267 e. The second-order valence-corrected chi connectivity index (χ2v) is 5.92. The summed E-state index contributed by atoms with van der Waals surface area (Å²) in [6.45, 7) is 0. The SMILES string of the molecule is COS(=O)(=O)CCCS(=O)(=O)OC. The summed E-state index contributed by atoms with van der Waals surface area (Å²) in [7, 11) is -5.08. The van der Waals surface area contributed by atoms with Crippen molar-refractivity contribution in [2.24, 2.45) is 0 Å². The summed E-state index contributed by atoms with van der Waals surface area (Å²) >= 11 is 0. The van der Waals surface area contributed by atoms with E-state index in [1.165, 1.54) is 0 Å². The van der Waals surface area contributed by atoms with Crippen molar-refractivity contribution < 1.29 is 25.2 Å². The van der Waals surface area contributed by atoms with E-state index in [2.05, 4.69) is 8.37 Å². The molecular formula is C5H12O6S2. The van der Waals surface area contributed by atoms with Crippen LogP contribution in [-0.4, -0.2) is 42.6 Å². The highest BCUT2D eigenvalue weighted by Gasteiger charge is 2.13. The van der Waals surface area contributed by atoms with Crippen molar-refractivity contribution in [3.8, 4) is 0 Å². The molecule has 0 saturated heterocycles. The molecule has 0 aliphatic rings. The number of rotatable bonds is 6. The fourth-order valence-electron chi connectivity index (χ4n) is 0.579. The maximum absolute atomic E-state index is 10.7. The van der Waals surface area contributed by atoms with Crippen LogP contribution >= 0.6 is 0 Å². The normalized spacial score (nSPS) is 13.1. The Morgan fingerprint density at radius 1 is 0.846 bits per heavy atom. The Balaban J connectivity index is 3.96. The van der Waals surface area contributed by atoms with Crippen molar-refractivity contribution >= 4 is 20.2 Å². The summed E-state index contributed by atoms with van der Waals surface area (Å²) < 4.78 is 51.1. The Bertz CT molecular complexity index is 292. The minimum atomic E-state index is -3.57. The predicted octanol–water partition coefficient (Wildman–Crippen LogP) is -0.671. The van der Waals surface area contributed by atoms with Crippen molar-refractivity contribution in [1.29, 1.82) is 0 Å². The van der Waals surface area contributed by atoms with Crippen molar-refractivity contribution in [2.75, 3.05) is 25.7 Å². The van der Waals surface area contributed by atoms with E-state index in [9.17, 15) is 16.8 Å². The van der Waals surface area contributed by atoms with Crippen LogP contribution in [0.25, 0.3) is 0 Å². The Hall–Kier alpha value is -0.180. The van der Waals surface area contributed by atoms with Gasteiger partial charge in [-0.05, 0) is 6.42 Å². The van der Waals surface area contributed by atoms with Gasteiger partial charge in [0.2, 0.25) is 0 Å². The molecule has 0 aliphatic heterocycles. The zero-order valence-corrected chi connectivity index (χ0v) is 9.02. The quantitative estimate of drug-likeness (QED) is 0.564. The molecule has 0 aromatic carbocycles. The molecule has 0 N–H and O–H groups in total. The highest BCUT2D eigenvalue weighted by molar-refractivity contribution is 7.87. The highest BCUT2D eigenvalue weighted by atomic mass is 32.2. The first kappa shape index (κ1) is 12.8. The molecule has 0 bridgehead atoms. The van der Waals surface area contributed by atoms with Gasteiger partial charge in [0.1, 0.15) is 0 Å². The van der Waals surface area contributed by atoms with E-state index >= 15 is 0 Å². The third-order valence-electron chi connectivity index (χ3n) is 1.30. The lowest BCUT2D eigenvalue weighted by atomic mass is 10.6. The molecule has 0 amide bonds. The highest BCUT2D eigenvalue weighted by Crippen LogP contribution is 1.98. The average Bonchev–Trinajstić information content (AvgIpc) is 2.04. The predicted molar refractivity (Wildman–Crippen MR) is 46.2 cm³/mol. The molecule has 0 aliphatic carbocycles. The summed E-state index contributed by atoms with van der Waals surface area (Å²) in [5.74, 6) is -0.655. The van der Waals surface area contributed by atoms with Crippen LogP contribution in [0.3, 0.4) is 0 Å². The van der Waals surface area contributed by atoms with E-state index in [4.69, 9.17) is 0 Å². The summed E-state index contributed by atoms with van der Waals surface area (Å²) in [5.41, 5.74) is 0. The minimum Gasteiger partial charge on any atom is -0.273 e. The Labute approximate surface area is 78.1 Å². The van der Waals surface area contributed by atoms with Crippen LogP contribution in [0.15, 0.2) is 0 Å². The third-order valence-corrected chi connectivity index (χ3v) is 3.89. The molecule has 0 aromatic rings. The lowest BCUT2D eigenvalue weighted by Crippen LogP contribution is -2.14. The topological polar surface area (TPSA) is 86.7 Å². The molecular weight excluding hydrogens is 220 g/mol. The van der Waals surface area contributed by atoms with Gasteiger partial charge in [-0.25, -0.2) is 0 Å². The van der Waals surface area contributed by atoms with Crippen molar-refractivity contribution in [3.05, 3.63) is 0 Å². The molecule has 0 aromatic heterocycles. The second-order valence-electron chi connectivity index (χ2n) is 2.21.